The molecule has 0 aliphatic heterocycles. The predicted molar refractivity (Wildman–Crippen MR) is 86.4 cm³/mol. The van der Waals surface area contributed by atoms with Crippen LogP contribution in [0.15, 0.2) is 41.3 Å². The number of aromatic nitrogens is 3. The second kappa shape index (κ2) is 6.44. The highest BCUT2D eigenvalue weighted by Gasteiger charge is 2.10. The first-order valence-electron chi connectivity index (χ1n) is 7.45. The number of aromatic amines is 2. The Morgan fingerprint density at radius 2 is 2.05 bits per heavy atom. The lowest BCUT2D eigenvalue weighted by molar-refractivity contribution is -0.670. The molecule has 0 aliphatic rings. The fourth-order valence-corrected chi connectivity index (χ4v) is 2.63. The van der Waals surface area contributed by atoms with Crippen LogP contribution in [0.1, 0.15) is 17.5 Å². The smallest absolute Gasteiger partial charge is 0.262 e. The first-order valence-corrected chi connectivity index (χ1v) is 7.45. The fourth-order valence-electron chi connectivity index (χ4n) is 2.63. The largest absolute Gasteiger partial charge is 0.369 e. The summed E-state index contributed by atoms with van der Waals surface area (Å²) in [5.41, 5.74) is 8.22. The molecule has 0 atom stereocenters. The van der Waals surface area contributed by atoms with Gasteiger partial charge in [0.1, 0.15) is 12.2 Å². The van der Waals surface area contributed by atoms with E-state index in [0.717, 1.165) is 31.5 Å². The van der Waals surface area contributed by atoms with Crippen molar-refractivity contribution in [3.63, 3.8) is 0 Å². The van der Waals surface area contributed by atoms with Crippen LogP contribution in [0.2, 0.25) is 0 Å². The Hall–Kier alpha value is -2.60. The molecule has 1 aromatic carbocycles. The minimum absolute atomic E-state index is 0.137. The third-order valence-electron chi connectivity index (χ3n) is 3.72. The first kappa shape index (κ1) is 14.3. The van der Waals surface area contributed by atoms with E-state index < -0.39 is 0 Å². The van der Waals surface area contributed by atoms with Crippen molar-refractivity contribution in [3.05, 3.63) is 58.0 Å². The molecule has 0 radical (unpaired) electrons. The van der Waals surface area contributed by atoms with Crippen LogP contribution in [0.3, 0.4) is 0 Å². The quantitative estimate of drug-likeness (QED) is 0.499. The number of hydrogen-bond donors (Lipinski definition) is 4. The van der Waals surface area contributed by atoms with Crippen molar-refractivity contribution in [2.75, 3.05) is 12.3 Å². The van der Waals surface area contributed by atoms with Crippen molar-refractivity contribution in [2.45, 2.75) is 19.4 Å². The van der Waals surface area contributed by atoms with Gasteiger partial charge in [-0.25, -0.2) is 0 Å². The van der Waals surface area contributed by atoms with E-state index in [2.05, 4.69) is 44.5 Å². The number of H-pyrrole nitrogens is 2. The van der Waals surface area contributed by atoms with Crippen LogP contribution in [-0.4, -0.2) is 21.5 Å². The molecular formula is C16H20N5O+. The highest BCUT2D eigenvalue weighted by molar-refractivity contribution is 5.79. The summed E-state index contributed by atoms with van der Waals surface area (Å²) in [5.74, 6) is 0.137. The molecule has 0 saturated carbocycles. The van der Waals surface area contributed by atoms with Gasteiger partial charge in [-0.1, -0.05) is 30.3 Å². The molecule has 0 bridgehead atoms. The lowest BCUT2D eigenvalue weighted by Gasteiger charge is -2.02. The van der Waals surface area contributed by atoms with Crippen molar-refractivity contribution in [1.82, 2.24) is 15.0 Å². The van der Waals surface area contributed by atoms with Gasteiger partial charge in [0.2, 0.25) is 5.95 Å². The average molecular weight is 298 g/mol. The number of nitrogens with one attached hydrogen (secondary N) is 2. The van der Waals surface area contributed by atoms with Gasteiger partial charge in [0.05, 0.1) is 11.9 Å². The highest BCUT2D eigenvalue weighted by atomic mass is 16.1. The van der Waals surface area contributed by atoms with Gasteiger partial charge in [-0.15, -0.1) is 0 Å². The number of anilines is 1. The zero-order chi connectivity index (χ0) is 15.4. The monoisotopic (exact) mass is 298 g/mol. The number of fused-ring (bicyclic) bond motifs is 1. The maximum Gasteiger partial charge on any atom is 0.262 e. The van der Waals surface area contributed by atoms with Crippen molar-refractivity contribution in [1.29, 1.82) is 0 Å². The predicted octanol–water partition coefficient (Wildman–Crippen LogP) is 0.530. The third-order valence-corrected chi connectivity index (χ3v) is 3.72. The molecule has 6 nitrogen and oxygen atoms in total. The zero-order valence-electron chi connectivity index (χ0n) is 12.3. The van der Waals surface area contributed by atoms with Gasteiger partial charge < -0.3 is 16.0 Å². The molecule has 0 saturated heterocycles. The van der Waals surface area contributed by atoms with Crippen LogP contribution in [0.5, 0.6) is 0 Å². The molecule has 3 rings (SSSR count). The summed E-state index contributed by atoms with van der Waals surface area (Å²) < 4.78 is 0. The molecular weight excluding hydrogens is 278 g/mol. The summed E-state index contributed by atoms with van der Waals surface area (Å²) in [7, 11) is 0. The minimum Gasteiger partial charge on any atom is -0.369 e. The molecule has 114 valence electrons. The molecule has 2 aromatic heterocycles. The maximum atomic E-state index is 11.9. The van der Waals surface area contributed by atoms with E-state index in [1.807, 2.05) is 12.3 Å². The van der Waals surface area contributed by atoms with Gasteiger partial charge in [-0.05, 0) is 12.0 Å². The normalized spacial score (nSPS) is 11.1. The first-order chi connectivity index (χ1) is 10.7. The fraction of sp³-hybridized carbons (Fsp3) is 0.250. The Kier molecular flexibility index (Phi) is 4.20. The minimum atomic E-state index is -0.184. The number of hydrogen-bond acceptors (Lipinski definition) is 3. The van der Waals surface area contributed by atoms with Crippen LogP contribution in [-0.2, 0) is 13.0 Å². The molecule has 0 aliphatic carbocycles. The van der Waals surface area contributed by atoms with E-state index in [-0.39, 0.29) is 11.5 Å². The lowest BCUT2D eigenvalue weighted by Crippen LogP contribution is -2.82. The molecule has 0 spiro atoms. The molecule has 6 N–H and O–H groups in total. The standard InChI is InChI=1S/C16H19N5O/c17-16-20-14-13(15(22)21-16)12(10-19-14)9-18-8-4-7-11-5-2-1-3-6-11/h1-3,5-6,10,18H,4,7-9H2,(H4,17,19,20,21,22)/p+1. The number of rotatable bonds is 6. The lowest BCUT2D eigenvalue weighted by atomic mass is 10.1. The van der Waals surface area contributed by atoms with E-state index in [1.54, 1.807) is 0 Å². The summed E-state index contributed by atoms with van der Waals surface area (Å²) in [6.45, 7) is 1.77. The average Bonchev–Trinajstić information content (AvgIpc) is 2.91. The maximum absolute atomic E-state index is 11.9. The molecule has 6 heteroatoms. The van der Waals surface area contributed by atoms with Crippen molar-refractivity contribution >= 4 is 17.0 Å². The molecule has 2 heterocycles. The van der Waals surface area contributed by atoms with E-state index in [0.29, 0.717) is 11.0 Å². The van der Waals surface area contributed by atoms with E-state index in [4.69, 9.17) is 5.73 Å². The Bertz CT molecular complexity index is 806. The molecule has 0 fully saturated rings. The summed E-state index contributed by atoms with van der Waals surface area (Å²) in [5, 5.41) is 2.81. The van der Waals surface area contributed by atoms with Gasteiger partial charge in [-0.2, -0.15) is 4.98 Å². The molecule has 22 heavy (non-hydrogen) atoms. The Morgan fingerprint density at radius 1 is 1.23 bits per heavy atom. The number of benzene rings is 1. The van der Waals surface area contributed by atoms with Crippen LogP contribution in [0, 0.1) is 0 Å². The van der Waals surface area contributed by atoms with Gasteiger partial charge in [-0.3, -0.25) is 9.78 Å². The topological polar surface area (TPSA) is 104 Å². The molecule has 0 amide bonds. The summed E-state index contributed by atoms with van der Waals surface area (Å²) in [6.07, 6.45) is 4.01. The van der Waals surface area contributed by atoms with Crippen LogP contribution in [0.25, 0.3) is 11.0 Å². The summed E-state index contributed by atoms with van der Waals surface area (Å²) in [6, 6.07) is 10.5. The summed E-state index contributed by atoms with van der Waals surface area (Å²) >= 11 is 0. The molecule has 0 unspecified atom stereocenters. The van der Waals surface area contributed by atoms with Crippen molar-refractivity contribution in [2.24, 2.45) is 0 Å². The van der Waals surface area contributed by atoms with Crippen molar-refractivity contribution in [3.8, 4) is 0 Å². The Balaban J connectivity index is 1.55. The van der Waals surface area contributed by atoms with Gasteiger partial charge in [0, 0.05) is 18.2 Å². The zero-order valence-corrected chi connectivity index (χ0v) is 12.3. The van der Waals surface area contributed by atoms with Crippen LogP contribution >= 0.6 is 0 Å². The van der Waals surface area contributed by atoms with Crippen LogP contribution in [0.4, 0.5) is 5.95 Å². The SMILES string of the molecule is Nc1nc2[nH]cc(C[NH2+]CCCc3ccccc3)c2c(=O)[nH]1. The van der Waals surface area contributed by atoms with Gasteiger partial charge >= 0.3 is 0 Å². The number of aryl methyl sites for hydroxylation is 1. The van der Waals surface area contributed by atoms with Gasteiger partial charge in [0.15, 0.2) is 0 Å². The third kappa shape index (κ3) is 3.17. The summed E-state index contributed by atoms with van der Waals surface area (Å²) in [4.78, 5) is 21.6. The van der Waals surface area contributed by atoms with Crippen LogP contribution < -0.4 is 16.6 Å². The number of quaternary nitrogens is 1. The Morgan fingerprint density at radius 3 is 2.86 bits per heavy atom. The van der Waals surface area contributed by atoms with Gasteiger partial charge in [0.25, 0.3) is 5.56 Å². The van der Waals surface area contributed by atoms with Crippen molar-refractivity contribution < 1.29 is 5.32 Å². The number of nitrogen functional groups attached to an aromatic ring is 1. The second-order valence-electron chi connectivity index (χ2n) is 5.36. The molecule has 3 aromatic rings. The highest BCUT2D eigenvalue weighted by Crippen LogP contribution is 2.11. The van der Waals surface area contributed by atoms with E-state index in [1.165, 1.54) is 5.56 Å². The van der Waals surface area contributed by atoms with E-state index >= 15 is 0 Å². The number of nitrogens with two attached hydrogens (primary N) is 2. The Labute approximate surface area is 127 Å². The number of nitrogens with zero attached hydrogens (tertiary/aromatic N) is 1. The van der Waals surface area contributed by atoms with E-state index in [9.17, 15) is 4.79 Å². The second-order valence-corrected chi connectivity index (χ2v) is 5.36.